The van der Waals surface area contributed by atoms with Gasteiger partial charge in [0.2, 0.25) is 0 Å². The van der Waals surface area contributed by atoms with Gasteiger partial charge in [0.1, 0.15) is 0 Å². The normalized spacial score (nSPS) is 30.1. The summed E-state index contributed by atoms with van der Waals surface area (Å²) in [6.45, 7) is 4.74. The molecule has 1 aliphatic rings. The average Bonchev–Trinajstić information content (AvgIpc) is 2.29. The van der Waals surface area contributed by atoms with Crippen molar-refractivity contribution >= 4 is 5.97 Å². The van der Waals surface area contributed by atoms with Crippen LogP contribution in [-0.4, -0.2) is 43.3 Å². The molecule has 16 heavy (non-hydrogen) atoms. The van der Waals surface area contributed by atoms with Gasteiger partial charge in [-0.1, -0.05) is 0 Å². The number of carbonyl (C=O) groups excluding carboxylic acids is 1. The second kappa shape index (κ2) is 6.18. The Hall–Kier alpha value is -0.650. The van der Waals surface area contributed by atoms with Crippen molar-refractivity contribution in [1.82, 2.24) is 0 Å². The smallest absolute Gasteiger partial charge is 0.366 e. The summed E-state index contributed by atoms with van der Waals surface area (Å²) in [7, 11) is 0. The van der Waals surface area contributed by atoms with Gasteiger partial charge < -0.3 is 19.3 Å². The monoisotopic (exact) mass is 232 g/mol. The summed E-state index contributed by atoms with van der Waals surface area (Å²) >= 11 is 0. The predicted molar refractivity (Wildman–Crippen MR) is 56.8 cm³/mol. The standard InChI is InChI=1S/C11H20O5/c1-3-14-10(13)11(2)15-7-9(8-16-11)5-4-6-12/h9,12H,3-8H2,1-2H3. The molecule has 0 aliphatic carbocycles. The zero-order valence-corrected chi connectivity index (χ0v) is 9.90. The lowest BCUT2D eigenvalue weighted by atomic mass is 10.0. The molecular weight excluding hydrogens is 212 g/mol. The Bertz CT molecular complexity index is 220. The fourth-order valence-corrected chi connectivity index (χ4v) is 1.57. The van der Waals surface area contributed by atoms with E-state index in [0.717, 1.165) is 12.8 Å². The van der Waals surface area contributed by atoms with Crippen LogP contribution < -0.4 is 0 Å². The van der Waals surface area contributed by atoms with Crippen molar-refractivity contribution in [2.24, 2.45) is 5.92 Å². The number of ether oxygens (including phenoxy) is 3. The van der Waals surface area contributed by atoms with Gasteiger partial charge in [0, 0.05) is 19.4 Å². The van der Waals surface area contributed by atoms with Crippen LogP contribution >= 0.6 is 0 Å². The molecule has 1 saturated heterocycles. The minimum atomic E-state index is -1.26. The molecule has 5 nitrogen and oxygen atoms in total. The number of carbonyl (C=O) groups is 1. The van der Waals surface area contributed by atoms with Gasteiger partial charge in [-0.2, -0.15) is 0 Å². The van der Waals surface area contributed by atoms with Crippen molar-refractivity contribution in [3.05, 3.63) is 0 Å². The quantitative estimate of drug-likeness (QED) is 0.707. The van der Waals surface area contributed by atoms with Gasteiger partial charge in [-0.15, -0.1) is 0 Å². The average molecular weight is 232 g/mol. The molecule has 94 valence electrons. The Kier molecular flexibility index (Phi) is 5.18. The van der Waals surface area contributed by atoms with Crippen LogP contribution in [0, 0.1) is 5.92 Å². The van der Waals surface area contributed by atoms with Crippen molar-refractivity contribution in [2.45, 2.75) is 32.5 Å². The Balaban J connectivity index is 2.37. The maximum absolute atomic E-state index is 11.5. The highest BCUT2D eigenvalue weighted by Crippen LogP contribution is 2.24. The first-order valence-corrected chi connectivity index (χ1v) is 5.68. The summed E-state index contributed by atoms with van der Waals surface area (Å²) in [4.78, 5) is 11.5. The Morgan fingerprint density at radius 1 is 1.50 bits per heavy atom. The van der Waals surface area contributed by atoms with Crippen LogP contribution in [0.5, 0.6) is 0 Å². The van der Waals surface area contributed by atoms with Crippen LogP contribution in [0.15, 0.2) is 0 Å². The van der Waals surface area contributed by atoms with Gasteiger partial charge >= 0.3 is 5.97 Å². The van der Waals surface area contributed by atoms with E-state index < -0.39 is 11.8 Å². The summed E-state index contributed by atoms with van der Waals surface area (Å²) < 4.78 is 15.7. The minimum absolute atomic E-state index is 0.172. The van der Waals surface area contributed by atoms with Gasteiger partial charge in [0.15, 0.2) is 0 Å². The van der Waals surface area contributed by atoms with Crippen molar-refractivity contribution in [3.63, 3.8) is 0 Å². The van der Waals surface area contributed by atoms with Gasteiger partial charge in [0.25, 0.3) is 5.79 Å². The van der Waals surface area contributed by atoms with E-state index >= 15 is 0 Å². The summed E-state index contributed by atoms with van der Waals surface area (Å²) in [6.07, 6.45) is 1.57. The minimum Gasteiger partial charge on any atom is -0.462 e. The molecule has 0 amide bonds. The molecule has 0 atom stereocenters. The lowest BCUT2D eigenvalue weighted by Gasteiger charge is -2.35. The van der Waals surface area contributed by atoms with Crippen molar-refractivity contribution in [3.8, 4) is 0 Å². The number of rotatable bonds is 5. The molecule has 0 aromatic heterocycles. The van der Waals surface area contributed by atoms with Gasteiger partial charge in [-0.05, 0) is 19.8 Å². The molecule has 0 saturated carbocycles. The highest BCUT2D eigenvalue weighted by Gasteiger charge is 2.41. The Labute approximate surface area is 95.7 Å². The molecule has 1 fully saturated rings. The number of aliphatic hydroxyl groups excluding tert-OH is 1. The first-order valence-electron chi connectivity index (χ1n) is 5.68. The fourth-order valence-electron chi connectivity index (χ4n) is 1.57. The lowest BCUT2D eigenvalue weighted by molar-refractivity contribution is -0.274. The summed E-state index contributed by atoms with van der Waals surface area (Å²) in [5.74, 6) is -1.49. The zero-order chi connectivity index (χ0) is 12.0. The summed E-state index contributed by atoms with van der Waals surface area (Å²) in [6, 6.07) is 0. The molecule has 0 aromatic carbocycles. The molecule has 1 N–H and O–H groups in total. The molecule has 1 aliphatic heterocycles. The van der Waals surface area contributed by atoms with Crippen molar-refractivity contribution in [2.75, 3.05) is 26.4 Å². The van der Waals surface area contributed by atoms with Crippen molar-refractivity contribution in [1.29, 1.82) is 0 Å². The first-order chi connectivity index (χ1) is 7.62. The number of esters is 1. The van der Waals surface area contributed by atoms with Crippen LogP contribution in [0.4, 0.5) is 0 Å². The van der Waals surface area contributed by atoms with Crippen LogP contribution in [-0.2, 0) is 19.0 Å². The fraction of sp³-hybridized carbons (Fsp3) is 0.909. The van der Waals surface area contributed by atoms with Crippen LogP contribution in [0.1, 0.15) is 26.7 Å². The Morgan fingerprint density at radius 3 is 2.62 bits per heavy atom. The molecule has 0 unspecified atom stereocenters. The van der Waals surface area contributed by atoms with E-state index in [2.05, 4.69) is 0 Å². The first kappa shape index (κ1) is 13.4. The largest absolute Gasteiger partial charge is 0.462 e. The zero-order valence-electron chi connectivity index (χ0n) is 9.90. The molecule has 0 radical (unpaired) electrons. The second-order valence-corrected chi connectivity index (χ2v) is 4.02. The van der Waals surface area contributed by atoms with E-state index in [1.807, 2.05) is 0 Å². The van der Waals surface area contributed by atoms with E-state index in [4.69, 9.17) is 19.3 Å². The molecule has 0 bridgehead atoms. The van der Waals surface area contributed by atoms with E-state index in [1.54, 1.807) is 13.8 Å². The highest BCUT2D eigenvalue weighted by molar-refractivity contribution is 5.77. The Morgan fingerprint density at radius 2 is 2.12 bits per heavy atom. The molecule has 5 heteroatoms. The molecule has 0 spiro atoms. The molecule has 1 rings (SSSR count). The predicted octanol–water partition coefficient (Wildman–Crippen LogP) is 0.701. The van der Waals surface area contributed by atoms with E-state index in [0.29, 0.717) is 19.8 Å². The van der Waals surface area contributed by atoms with E-state index in [1.165, 1.54) is 0 Å². The topological polar surface area (TPSA) is 65.0 Å². The van der Waals surface area contributed by atoms with Crippen molar-refractivity contribution < 1.29 is 24.1 Å². The second-order valence-electron chi connectivity index (χ2n) is 4.02. The summed E-state index contributed by atoms with van der Waals surface area (Å²) in [5.41, 5.74) is 0. The van der Waals surface area contributed by atoms with E-state index in [9.17, 15) is 4.79 Å². The third-order valence-corrected chi connectivity index (χ3v) is 2.61. The summed E-state index contributed by atoms with van der Waals surface area (Å²) in [5, 5.41) is 8.70. The number of hydrogen-bond acceptors (Lipinski definition) is 5. The SMILES string of the molecule is CCOC(=O)C1(C)OCC(CCCO)CO1. The highest BCUT2D eigenvalue weighted by atomic mass is 16.7. The third-order valence-electron chi connectivity index (χ3n) is 2.61. The molecule has 1 heterocycles. The van der Waals surface area contributed by atoms with Gasteiger partial charge in [-0.3, -0.25) is 0 Å². The van der Waals surface area contributed by atoms with E-state index in [-0.39, 0.29) is 12.5 Å². The third kappa shape index (κ3) is 3.43. The van der Waals surface area contributed by atoms with Crippen LogP contribution in [0.2, 0.25) is 0 Å². The number of aliphatic hydroxyl groups is 1. The maximum Gasteiger partial charge on any atom is 0.366 e. The molecule has 0 aromatic rings. The molecular formula is C11H20O5. The van der Waals surface area contributed by atoms with Crippen LogP contribution in [0.3, 0.4) is 0 Å². The lowest BCUT2D eigenvalue weighted by Crippen LogP contribution is -2.48. The van der Waals surface area contributed by atoms with Gasteiger partial charge in [-0.25, -0.2) is 4.79 Å². The maximum atomic E-state index is 11.5. The van der Waals surface area contributed by atoms with Gasteiger partial charge in [0.05, 0.1) is 19.8 Å². The number of hydrogen-bond donors (Lipinski definition) is 1. The van der Waals surface area contributed by atoms with Crippen LogP contribution in [0.25, 0.3) is 0 Å².